The fourth-order valence-electron chi connectivity index (χ4n) is 5.14. The highest BCUT2D eigenvalue weighted by molar-refractivity contribution is 9.10. The summed E-state index contributed by atoms with van der Waals surface area (Å²) in [6.45, 7) is 4.87. The predicted octanol–water partition coefficient (Wildman–Crippen LogP) is 7.23. The number of nitrogens with one attached hydrogen (secondary N) is 2. The number of benzene rings is 3. The summed E-state index contributed by atoms with van der Waals surface area (Å²) in [6, 6.07) is 22.5. The molecule has 190 valence electrons. The van der Waals surface area contributed by atoms with E-state index in [9.17, 15) is 9.59 Å². The summed E-state index contributed by atoms with van der Waals surface area (Å²) in [5, 5.41) is 4.32. The average molecular weight is 559 g/mol. The maximum absolute atomic E-state index is 13.0. The summed E-state index contributed by atoms with van der Waals surface area (Å²) in [7, 11) is 0. The van der Waals surface area contributed by atoms with Crippen LogP contribution in [0.1, 0.15) is 55.3 Å². The van der Waals surface area contributed by atoms with Gasteiger partial charge in [-0.2, -0.15) is 0 Å². The van der Waals surface area contributed by atoms with E-state index in [4.69, 9.17) is 0 Å². The second-order valence-corrected chi connectivity index (χ2v) is 10.8. The maximum atomic E-state index is 13.0. The Morgan fingerprint density at radius 1 is 1.05 bits per heavy atom. The molecule has 1 saturated heterocycles. The van der Waals surface area contributed by atoms with E-state index in [0.29, 0.717) is 19.3 Å². The quantitative estimate of drug-likeness (QED) is 0.251. The Hall–Kier alpha value is -3.38. The van der Waals surface area contributed by atoms with Gasteiger partial charge in [-0.1, -0.05) is 51.8 Å². The van der Waals surface area contributed by atoms with Crippen molar-refractivity contribution in [1.29, 1.82) is 0 Å². The number of aromatic nitrogens is 1. The molecule has 0 radical (unpaired) electrons. The van der Waals surface area contributed by atoms with Gasteiger partial charge in [-0.25, -0.2) is 0 Å². The van der Waals surface area contributed by atoms with Gasteiger partial charge in [0.1, 0.15) is 0 Å². The molecule has 1 aromatic heterocycles. The molecule has 1 aliphatic heterocycles. The van der Waals surface area contributed by atoms with Gasteiger partial charge in [0.05, 0.1) is 6.04 Å². The minimum absolute atomic E-state index is 0.0199. The van der Waals surface area contributed by atoms with Crippen LogP contribution in [0.15, 0.2) is 71.2 Å². The van der Waals surface area contributed by atoms with Crippen LogP contribution in [-0.4, -0.2) is 23.3 Å². The van der Waals surface area contributed by atoms with E-state index in [1.165, 1.54) is 16.5 Å². The summed E-state index contributed by atoms with van der Waals surface area (Å²) in [4.78, 5) is 30.7. The molecule has 4 aromatic rings. The molecule has 0 spiro atoms. The molecule has 2 N–H and O–H groups in total. The van der Waals surface area contributed by atoms with Crippen molar-refractivity contribution in [3.63, 3.8) is 0 Å². The molecule has 1 atom stereocenters. The van der Waals surface area contributed by atoms with E-state index >= 15 is 0 Å². The normalized spacial score (nSPS) is 14.7. The molecule has 1 fully saturated rings. The summed E-state index contributed by atoms with van der Waals surface area (Å²) in [6.07, 6.45) is 3.67. The van der Waals surface area contributed by atoms with Gasteiger partial charge in [-0.05, 0) is 86.2 Å². The molecule has 3 aromatic carbocycles. The number of hydrogen-bond donors (Lipinski definition) is 2. The Morgan fingerprint density at radius 3 is 2.54 bits per heavy atom. The summed E-state index contributed by atoms with van der Waals surface area (Å²) in [5.41, 5.74) is 7.58. The Kier molecular flexibility index (Phi) is 7.47. The van der Waals surface area contributed by atoms with Gasteiger partial charge in [0.25, 0.3) is 0 Å². The summed E-state index contributed by atoms with van der Waals surface area (Å²) in [5.74, 6) is 0.210. The van der Waals surface area contributed by atoms with Gasteiger partial charge < -0.3 is 15.2 Å². The summed E-state index contributed by atoms with van der Waals surface area (Å²) < 4.78 is 1.04. The van der Waals surface area contributed by atoms with Crippen LogP contribution in [0, 0.1) is 6.92 Å². The molecule has 5 rings (SSSR count). The van der Waals surface area contributed by atoms with Crippen LogP contribution >= 0.6 is 15.9 Å². The monoisotopic (exact) mass is 557 g/mol. The first-order valence-corrected chi connectivity index (χ1v) is 13.7. The molecule has 2 heterocycles. The zero-order valence-electron chi connectivity index (χ0n) is 21.3. The number of hydrogen-bond acceptors (Lipinski definition) is 2. The number of amides is 2. The minimum atomic E-state index is -0.116. The minimum Gasteiger partial charge on any atom is -0.354 e. The lowest BCUT2D eigenvalue weighted by atomic mass is 10.00. The predicted molar refractivity (Wildman–Crippen MR) is 154 cm³/mol. The van der Waals surface area contributed by atoms with Gasteiger partial charge in [-0.3, -0.25) is 9.59 Å². The first-order valence-electron chi connectivity index (χ1n) is 13.0. The zero-order chi connectivity index (χ0) is 25.9. The smallest absolute Gasteiger partial charge is 0.226 e. The maximum Gasteiger partial charge on any atom is 0.226 e. The third kappa shape index (κ3) is 5.64. The fraction of sp³-hybridized carbons (Fsp3) is 0.290. The number of carbonyl (C=O) groups excluding carboxylic acids is 2. The van der Waals surface area contributed by atoms with Crippen LogP contribution in [0.2, 0.25) is 0 Å². The molecule has 2 amide bonds. The highest BCUT2D eigenvalue weighted by atomic mass is 79.9. The van der Waals surface area contributed by atoms with Crippen molar-refractivity contribution in [2.75, 3.05) is 11.4 Å². The van der Waals surface area contributed by atoms with Gasteiger partial charge >= 0.3 is 0 Å². The van der Waals surface area contributed by atoms with Crippen molar-refractivity contribution < 1.29 is 9.59 Å². The Balaban J connectivity index is 1.28. The van der Waals surface area contributed by atoms with E-state index < -0.39 is 0 Å². The molecule has 0 saturated carbocycles. The molecule has 5 nitrogen and oxygen atoms in total. The molecule has 0 bridgehead atoms. The second kappa shape index (κ2) is 10.9. The van der Waals surface area contributed by atoms with Crippen LogP contribution in [0.4, 0.5) is 5.69 Å². The number of aromatic amines is 1. The van der Waals surface area contributed by atoms with Gasteiger partial charge in [-0.15, -0.1) is 0 Å². The topological polar surface area (TPSA) is 65.2 Å². The Bertz CT molecular complexity index is 1420. The first-order chi connectivity index (χ1) is 17.9. The standard InChI is InChI=1S/C31H32BrN3O2/c1-20-6-16-28-27(19-20)26(31(34-28)23-7-11-24(32)12-8-23)15-17-29(36)33-21(2)22-9-13-25(14-10-22)35-18-4-3-5-30(35)37/h6-14,16,19,21,34H,3-5,15,17-18H2,1-2H3,(H,33,36). The SMILES string of the molecule is Cc1ccc2[nH]c(-c3ccc(Br)cc3)c(CCC(=O)NC(C)c3ccc(N4CCCCC4=O)cc3)c2c1. The van der Waals surface area contributed by atoms with Crippen LogP contribution < -0.4 is 10.2 Å². The summed E-state index contributed by atoms with van der Waals surface area (Å²) >= 11 is 3.52. The third-order valence-corrected chi connectivity index (χ3v) is 7.73. The van der Waals surface area contributed by atoms with Crippen LogP contribution in [0.3, 0.4) is 0 Å². The van der Waals surface area contributed by atoms with Crippen molar-refractivity contribution in [3.8, 4) is 11.3 Å². The number of fused-ring (bicyclic) bond motifs is 1. The van der Waals surface area contributed by atoms with Crippen molar-refractivity contribution in [2.24, 2.45) is 0 Å². The number of rotatable bonds is 7. The van der Waals surface area contributed by atoms with Crippen molar-refractivity contribution in [2.45, 2.75) is 52.0 Å². The number of carbonyl (C=O) groups is 2. The van der Waals surface area contributed by atoms with Crippen molar-refractivity contribution >= 4 is 44.3 Å². The van der Waals surface area contributed by atoms with Crippen LogP contribution in [0.5, 0.6) is 0 Å². The molecule has 1 unspecified atom stereocenters. The lowest BCUT2D eigenvalue weighted by Crippen LogP contribution is -2.35. The van der Waals surface area contributed by atoms with E-state index in [0.717, 1.165) is 51.9 Å². The van der Waals surface area contributed by atoms with Gasteiger partial charge in [0.2, 0.25) is 11.8 Å². The number of nitrogens with zero attached hydrogens (tertiary/aromatic N) is 1. The Labute approximate surface area is 226 Å². The molecule has 0 aliphatic carbocycles. The van der Waals surface area contributed by atoms with E-state index in [2.05, 4.69) is 63.5 Å². The third-order valence-electron chi connectivity index (χ3n) is 7.20. The molecule has 37 heavy (non-hydrogen) atoms. The largest absolute Gasteiger partial charge is 0.354 e. The van der Waals surface area contributed by atoms with E-state index in [1.807, 2.05) is 48.2 Å². The zero-order valence-corrected chi connectivity index (χ0v) is 22.9. The van der Waals surface area contributed by atoms with E-state index in [-0.39, 0.29) is 17.9 Å². The average Bonchev–Trinajstić information content (AvgIpc) is 3.26. The van der Waals surface area contributed by atoms with Crippen molar-refractivity contribution in [3.05, 3.63) is 87.9 Å². The molecular weight excluding hydrogens is 526 g/mol. The lowest BCUT2D eigenvalue weighted by molar-refractivity contribution is -0.121. The number of piperidine rings is 1. The Morgan fingerprint density at radius 2 is 1.81 bits per heavy atom. The highest BCUT2D eigenvalue weighted by Gasteiger charge is 2.20. The first kappa shape index (κ1) is 25.3. The van der Waals surface area contributed by atoms with Crippen LogP contribution in [0.25, 0.3) is 22.2 Å². The van der Waals surface area contributed by atoms with Gasteiger partial charge in [0.15, 0.2) is 0 Å². The fourth-order valence-corrected chi connectivity index (χ4v) is 5.41. The second-order valence-electron chi connectivity index (χ2n) is 9.92. The number of halogens is 1. The van der Waals surface area contributed by atoms with Crippen LogP contribution in [-0.2, 0) is 16.0 Å². The number of aryl methyl sites for hydroxylation is 2. The highest BCUT2D eigenvalue weighted by Crippen LogP contribution is 2.33. The van der Waals surface area contributed by atoms with Gasteiger partial charge in [0, 0.05) is 46.1 Å². The van der Waals surface area contributed by atoms with Crippen molar-refractivity contribution in [1.82, 2.24) is 10.3 Å². The molecule has 6 heteroatoms. The number of anilines is 1. The van der Waals surface area contributed by atoms with E-state index in [1.54, 1.807) is 0 Å². The molecule has 1 aliphatic rings. The molecular formula is C31H32BrN3O2. The number of H-pyrrole nitrogens is 1. The lowest BCUT2D eigenvalue weighted by Gasteiger charge is -2.27.